The molecule has 0 amide bonds. The quantitative estimate of drug-likeness (QED) is 0.718. The Hall–Kier alpha value is -2.79. The molecule has 5 nitrogen and oxygen atoms in total. The zero-order chi connectivity index (χ0) is 18.3. The lowest BCUT2D eigenvalue weighted by Crippen LogP contribution is -2.17. The van der Waals surface area contributed by atoms with Gasteiger partial charge in [0, 0.05) is 5.39 Å². The summed E-state index contributed by atoms with van der Waals surface area (Å²) in [6.07, 6.45) is 0. The molecule has 128 valence electrons. The Bertz CT molecular complexity index is 1100. The van der Waals surface area contributed by atoms with Crippen molar-refractivity contribution in [2.45, 2.75) is 13.5 Å². The molecule has 25 heavy (non-hydrogen) atoms. The molecular weight excluding hydrogens is 342 g/mol. The van der Waals surface area contributed by atoms with Gasteiger partial charge in [0.05, 0.1) is 28.6 Å². The molecule has 3 rings (SSSR count). The number of aromatic nitrogens is 1. The van der Waals surface area contributed by atoms with E-state index in [1.54, 1.807) is 34.9 Å². The topological polar surface area (TPSA) is 68.5 Å². The highest BCUT2D eigenvalue weighted by Crippen LogP contribution is 2.34. The van der Waals surface area contributed by atoms with Crippen LogP contribution in [0, 0.1) is 0 Å². The van der Waals surface area contributed by atoms with E-state index in [4.69, 9.17) is 16.3 Å². The Morgan fingerprint density at radius 1 is 1.28 bits per heavy atom. The van der Waals surface area contributed by atoms with Gasteiger partial charge < -0.3 is 14.4 Å². The van der Waals surface area contributed by atoms with Gasteiger partial charge in [-0.2, -0.15) is 0 Å². The number of aliphatic carboxylic acids is 1. The maximum absolute atomic E-state index is 12.9. The molecule has 1 heterocycles. The number of pyridine rings is 1. The minimum absolute atomic E-state index is 0.199. The van der Waals surface area contributed by atoms with Gasteiger partial charge in [0.1, 0.15) is 6.54 Å². The largest absolute Gasteiger partial charge is 0.493 e. The molecular formula is C19H16ClNO4. The van der Waals surface area contributed by atoms with Gasteiger partial charge in [-0.05, 0) is 36.8 Å². The fourth-order valence-electron chi connectivity index (χ4n) is 2.97. The lowest BCUT2D eigenvalue weighted by Gasteiger charge is -2.17. The molecule has 0 saturated heterocycles. The molecule has 0 saturated carbocycles. The van der Waals surface area contributed by atoms with Crippen molar-refractivity contribution in [3.05, 3.63) is 57.7 Å². The van der Waals surface area contributed by atoms with Gasteiger partial charge in [0.25, 0.3) is 0 Å². The number of allylic oxidation sites excluding steroid dienone is 1. The Morgan fingerprint density at radius 3 is 2.56 bits per heavy atom. The zero-order valence-corrected chi connectivity index (χ0v) is 14.6. The van der Waals surface area contributed by atoms with Gasteiger partial charge in [-0.15, -0.1) is 0 Å². The number of carboxylic acids is 1. The van der Waals surface area contributed by atoms with E-state index in [0.29, 0.717) is 26.8 Å². The van der Waals surface area contributed by atoms with Crippen LogP contribution in [-0.4, -0.2) is 22.8 Å². The normalized spacial score (nSPS) is 11.0. The highest BCUT2D eigenvalue weighted by atomic mass is 35.5. The first-order valence-corrected chi connectivity index (χ1v) is 7.93. The van der Waals surface area contributed by atoms with Crippen LogP contribution in [0.5, 0.6) is 5.75 Å². The van der Waals surface area contributed by atoms with Crippen LogP contribution in [0.4, 0.5) is 0 Å². The number of hydrogen-bond acceptors (Lipinski definition) is 3. The zero-order valence-electron chi connectivity index (χ0n) is 13.8. The van der Waals surface area contributed by atoms with E-state index < -0.39 is 5.97 Å². The van der Waals surface area contributed by atoms with Crippen molar-refractivity contribution in [1.82, 2.24) is 4.57 Å². The number of carbonyl (C=O) groups is 1. The fourth-order valence-corrected chi connectivity index (χ4v) is 3.20. The number of fused-ring (bicyclic) bond motifs is 2. The standard InChI is InChI=1S/C19H16ClNO4/c1-10(2)11-4-5-12-15(8-11)21(9-16(22)23)17-13(18(12)24)6-7-14(20)19(17)25-3/h4-8H,1,9H2,2-3H3,(H,22,23). The summed E-state index contributed by atoms with van der Waals surface area (Å²) in [5.74, 6) is -0.755. The summed E-state index contributed by atoms with van der Waals surface area (Å²) in [5.41, 5.74) is 2.31. The summed E-state index contributed by atoms with van der Waals surface area (Å²) in [7, 11) is 1.44. The summed E-state index contributed by atoms with van der Waals surface area (Å²) in [5, 5.41) is 10.5. The van der Waals surface area contributed by atoms with Crippen molar-refractivity contribution in [2.75, 3.05) is 7.11 Å². The average molecular weight is 358 g/mol. The van der Waals surface area contributed by atoms with Crippen LogP contribution in [0.2, 0.25) is 5.02 Å². The van der Waals surface area contributed by atoms with Crippen molar-refractivity contribution in [2.24, 2.45) is 0 Å². The third kappa shape index (κ3) is 2.76. The Labute approximate surface area is 148 Å². The SMILES string of the molecule is C=C(C)c1ccc2c(=O)c3ccc(Cl)c(OC)c3n(CC(=O)O)c2c1. The maximum atomic E-state index is 12.9. The molecule has 1 aromatic heterocycles. The molecule has 0 spiro atoms. The van der Waals surface area contributed by atoms with Crippen molar-refractivity contribution in [3.63, 3.8) is 0 Å². The molecule has 0 aliphatic heterocycles. The van der Waals surface area contributed by atoms with Gasteiger partial charge in [-0.3, -0.25) is 9.59 Å². The Balaban J connectivity index is 2.61. The highest BCUT2D eigenvalue weighted by Gasteiger charge is 2.18. The van der Waals surface area contributed by atoms with Gasteiger partial charge in [-0.25, -0.2) is 0 Å². The van der Waals surface area contributed by atoms with Gasteiger partial charge in [-0.1, -0.05) is 29.8 Å². The van der Waals surface area contributed by atoms with E-state index in [-0.39, 0.29) is 17.7 Å². The van der Waals surface area contributed by atoms with E-state index in [0.717, 1.165) is 11.1 Å². The van der Waals surface area contributed by atoms with E-state index in [2.05, 4.69) is 6.58 Å². The van der Waals surface area contributed by atoms with Gasteiger partial charge in [0.15, 0.2) is 11.2 Å². The smallest absolute Gasteiger partial charge is 0.323 e. The van der Waals surface area contributed by atoms with Crippen LogP contribution >= 0.6 is 11.6 Å². The molecule has 3 aromatic rings. The number of rotatable bonds is 4. The molecule has 0 bridgehead atoms. The van der Waals surface area contributed by atoms with Crippen molar-refractivity contribution in [3.8, 4) is 5.75 Å². The number of halogens is 1. The molecule has 0 unspecified atom stereocenters. The summed E-state index contributed by atoms with van der Waals surface area (Å²) >= 11 is 6.20. The predicted octanol–water partition coefficient (Wildman–Crippen LogP) is 3.93. The predicted molar refractivity (Wildman–Crippen MR) is 99.6 cm³/mol. The molecule has 0 fully saturated rings. The molecule has 0 aliphatic rings. The summed E-state index contributed by atoms with van der Waals surface area (Å²) in [4.78, 5) is 24.4. The van der Waals surface area contributed by atoms with Gasteiger partial charge in [0.2, 0.25) is 0 Å². The van der Waals surface area contributed by atoms with Gasteiger partial charge >= 0.3 is 5.97 Å². The third-order valence-electron chi connectivity index (χ3n) is 4.12. The second-order valence-electron chi connectivity index (χ2n) is 5.80. The van der Waals surface area contributed by atoms with E-state index >= 15 is 0 Å². The number of benzene rings is 2. The first kappa shape index (κ1) is 17.0. The second kappa shape index (κ2) is 6.26. The van der Waals surface area contributed by atoms with E-state index in [1.165, 1.54) is 7.11 Å². The fraction of sp³-hybridized carbons (Fsp3) is 0.158. The second-order valence-corrected chi connectivity index (χ2v) is 6.21. The summed E-state index contributed by atoms with van der Waals surface area (Å²) < 4.78 is 6.91. The summed E-state index contributed by atoms with van der Waals surface area (Å²) in [6, 6.07) is 8.43. The first-order valence-electron chi connectivity index (χ1n) is 7.55. The first-order chi connectivity index (χ1) is 11.8. The monoisotopic (exact) mass is 357 g/mol. The number of carboxylic acid groups (broad SMARTS) is 1. The maximum Gasteiger partial charge on any atom is 0.323 e. The molecule has 6 heteroatoms. The van der Waals surface area contributed by atoms with Crippen LogP contribution in [0.3, 0.4) is 0 Å². The minimum Gasteiger partial charge on any atom is -0.493 e. The van der Waals surface area contributed by atoms with Crippen LogP contribution in [-0.2, 0) is 11.3 Å². The number of nitrogens with zero attached hydrogens (tertiary/aromatic N) is 1. The van der Waals surface area contributed by atoms with Crippen molar-refractivity contribution >= 4 is 44.9 Å². The number of methoxy groups -OCH3 is 1. The van der Waals surface area contributed by atoms with Crippen LogP contribution in [0.1, 0.15) is 12.5 Å². The lowest BCUT2D eigenvalue weighted by atomic mass is 10.0. The van der Waals surface area contributed by atoms with Crippen LogP contribution in [0.25, 0.3) is 27.4 Å². The lowest BCUT2D eigenvalue weighted by molar-refractivity contribution is -0.137. The molecule has 0 radical (unpaired) electrons. The summed E-state index contributed by atoms with van der Waals surface area (Å²) in [6.45, 7) is 5.42. The Morgan fingerprint density at radius 2 is 1.96 bits per heavy atom. The highest BCUT2D eigenvalue weighted by molar-refractivity contribution is 6.33. The van der Waals surface area contributed by atoms with E-state index in [9.17, 15) is 14.7 Å². The van der Waals surface area contributed by atoms with Crippen molar-refractivity contribution < 1.29 is 14.6 Å². The molecule has 0 atom stereocenters. The average Bonchev–Trinajstić information content (AvgIpc) is 2.57. The van der Waals surface area contributed by atoms with Crippen LogP contribution < -0.4 is 10.2 Å². The third-order valence-corrected chi connectivity index (χ3v) is 4.42. The molecule has 2 aromatic carbocycles. The Kier molecular flexibility index (Phi) is 4.27. The number of hydrogen-bond donors (Lipinski definition) is 1. The van der Waals surface area contributed by atoms with E-state index in [1.807, 2.05) is 6.92 Å². The van der Waals surface area contributed by atoms with Crippen LogP contribution in [0.15, 0.2) is 41.7 Å². The number of ether oxygens (including phenoxy) is 1. The van der Waals surface area contributed by atoms with Crippen molar-refractivity contribution in [1.29, 1.82) is 0 Å². The molecule has 0 aliphatic carbocycles. The molecule has 1 N–H and O–H groups in total. The minimum atomic E-state index is -1.03.